The average Bonchev–Trinajstić information content (AvgIpc) is 2.60. The minimum absolute atomic E-state index is 0.421. The van der Waals surface area contributed by atoms with Crippen LogP contribution >= 0.6 is 0 Å². The maximum absolute atomic E-state index is 10.6. The van der Waals surface area contributed by atoms with E-state index in [1.54, 1.807) is 0 Å². The number of rotatable bonds is 11. The molecule has 10 nitrogen and oxygen atoms in total. The monoisotopic (exact) mass is 405 g/mol. The van der Waals surface area contributed by atoms with Gasteiger partial charge in [-0.05, 0) is 18.9 Å². The first kappa shape index (κ1) is 24.9. The Labute approximate surface area is 158 Å². The molecule has 0 saturated carbocycles. The number of nitrogens with zero attached hydrogens (tertiary/aromatic N) is 2. The summed E-state index contributed by atoms with van der Waals surface area (Å²) in [5.74, 6) is 0. The normalized spacial score (nSPS) is 10.8. The van der Waals surface area contributed by atoms with Gasteiger partial charge in [-0.1, -0.05) is 45.4 Å². The van der Waals surface area contributed by atoms with E-state index in [4.69, 9.17) is 0 Å². The van der Waals surface area contributed by atoms with Crippen molar-refractivity contribution in [3.8, 4) is 0 Å². The van der Waals surface area contributed by atoms with E-state index in [2.05, 4.69) is 12.7 Å². The largest absolute Gasteiger partial charge is 0.744 e. The molecule has 27 heavy (non-hydrogen) atoms. The summed E-state index contributed by atoms with van der Waals surface area (Å²) in [5, 5.41) is 20.7. The molecular weight excluding hydrogens is 378 g/mol. The van der Waals surface area contributed by atoms with Crippen LogP contribution in [-0.4, -0.2) is 29.4 Å². The number of nitro benzene ring substituents is 2. The third-order valence-corrected chi connectivity index (χ3v) is 4.61. The number of non-ortho nitro benzene ring substituents is 1. The molecule has 0 saturated heterocycles. The molecule has 0 aliphatic carbocycles. The summed E-state index contributed by atoms with van der Waals surface area (Å²) >= 11 is 0. The van der Waals surface area contributed by atoms with Crippen molar-refractivity contribution in [3.05, 3.63) is 38.4 Å². The van der Waals surface area contributed by atoms with Gasteiger partial charge in [0.1, 0.15) is 15.0 Å². The van der Waals surface area contributed by atoms with E-state index in [-0.39, 0.29) is 0 Å². The second kappa shape index (κ2) is 13.1. The fourth-order valence-corrected chi connectivity index (χ4v) is 2.91. The van der Waals surface area contributed by atoms with Gasteiger partial charge in [0.2, 0.25) is 0 Å². The molecule has 0 fully saturated rings. The van der Waals surface area contributed by atoms with Crippen LogP contribution in [0.15, 0.2) is 23.1 Å². The Hall–Kier alpha value is -2.11. The molecule has 0 spiro atoms. The second-order valence-corrected chi connectivity index (χ2v) is 7.30. The number of unbranched alkanes of at least 4 members (excludes halogenated alkanes) is 7. The van der Waals surface area contributed by atoms with E-state index in [1.807, 2.05) is 0 Å². The molecule has 3 N–H and O–H groups in total. The molecule has 0 radical (unpaired) electrons. The Morgan fingerprint density at radius 3 is 1.85 bits per heavy atom. The van der Waals surface area contributed by atoms with Gasteiger partial charge in [0, 0.05) is 6.07 Å². The molecule has 1 aromatic rings. The topological polar surface area (TPSA) is 171 Å². The Morgan fingerprint density at radius 2 is 1.44 bits per heavy atom. The number of nitro groups is 2. The summed E-state index contributed by atoms with van der Waals surface area (Å²) in [4.78, 5) is 17.5. The van der Waals surface area contributed by atoms with E-state index in [9.17, 15) is 33.2 Å². The van der Waals surface area contributed by atoms with E-state index >= 15 is 0 Å². The fraction of sp³-hybridized carbons (Fsp3) is 0.625. The second-order valence-electron chi connectivity index (χ2n) is 5.95. The first-order valence-corrected chi connectivity index (χ1v) is 10.2. The summed E-state index contributed by atoms with van der Waals surface area (Å²) in [6, 6.07) is 1.67. The highest BCUT2D eigenvalue weighted by molar-refractivity contribution is 7.85. The summed E-state index contributed by atoms with van der Waals surface area (Å²) in [6.45, 7) is 3.39. The summed E-state index contributed by atoms with van der Waals surface area (Å²) in [7, 11) is -5.04. The number of quaternary nitrogens is 1. The molecular formula is C16H27N3O7S. The van der Waals surface area contributed by atoms with E-state index < -0.39 is 36.2 Å². The molecule has 0 heterocycles. The number of hydrogen-bond donors (Lipinski definition) is 1. The van der Waals surface area contributed by atoms with Crippen LogP contribution in [0, 0.1) is 20.2 Å². The Morgan fingerprint density at radius 1 is 0.926 bits per heavy atom. The van der Waals surface area contributed by atoms with Crippen LogP contribution in [-0.2, 0) is 10.1 Å². The number of benzene rings is 1. The summed E-state index contributed by atoms with van der Waals surface area (Å²) in [6.07, 6.45) is 11.3. The van der Waals surface area contributed by atoms with Crippen LogP contribution in [0.1, 0.15) is 58.3 Å². The lowest BCUT2D eigenvalue weighted by molar-refractivity contribution is -0.396. The van der Waals surface area contributed by atoms with E-state index in [1.165, 1.54) is 51.4 Å². The molecule has 154 valence electrons. The van der Waals surface area contributed by atoms with Crippen LogP contribution < -0.4 is 5.73 Å². The third kappa shape index (κ3) is 10.6. The van der Waals surface area contributed by atoms with Gasteiger partial charge in [-0.25, -0.2) is 8.42 Å². The number of hydrogen-bond acceptors (Lipinski definition) is 7. The van der Waals surface area contributed by atoms with Gasteiger partial charge >= 0.3 is 0 Å². The van der Waals surface area contributed by atoms with E-state index in [0.717, 1.165) is 6.54 Å². The Bertz CT molecular complexity index is 700. The molecule has 0 amide bonds. The van der Waals surface area contributed by atoms with Crippen molar-refractivity contribution in [2.75, 3.05) is 6.54 Å². The zero-order valence-corrected chi connectivity index (χ0v) is 16.3. The van der Waals surface area contributed by atoms with Gasteiger partial charge in [-0.3, -0.25) is 20.2 Å². The van der Waals surface area contributed by atoms with Gasteiger partial charge in [-0.15, -0.1) is 0 Å². The molecule has 1 rings (SSSR count). The predicted octanol–water partition coefficient (Wildman–Crippen LogP) is 2.78. The smallest absolute Gasteiger partial charge is 0.293 e. The lowest BCUT2D eigenvalue weighted by Crippen LogP contribution is -2.50. The third-order valence-electron chi connectivity index (χ3n) is 3.72. The lowest BCUT2D eigenvalue weighted by Gasteiger charge is -2.06. The first-order chi connectivity index (χ1) is 12.6. The van der Waals surface area contributed by atoms with Gasteiger partial charge in [0.15, 0.2) is 0 Å². The zero-order valence-electron chi connectivity index (χ0n) is 15.5. The quantitative estimate of drug-likeness (QED) is 0.255. The SMILES string of the molecule is CCCCCCCCCC[NH3+].O=[N+]([O-])c1ccc(S(=O)(=O)[O-])c([N+](=O)[O-])c1. The Kier molecular flexibility index (Phi) is 12.1. The van der Waals surface area contributed by atoms with Crippen molar-refractivity contribution in [2.24, 2.45) is 0 Å². The molecule has 1 aromatic carbocycles. The minimum atomic E-state index is -5.04. The van der Waals surface area contributed by atoms with Gasteiger partial charge in [0.05, 0.1) is 22.5 Å². The lowest BCUT2D eigenvalue weighted by atomic mass is 10.1. The molecule has 0 unspecified atom stereocenters. The standard InChI is InChI=1S/C10H23N.C6H4N2O7S/c1-2-3-4-5-6-7-8-9-10-11;9-7(10)4-1-2-6(16(13,14)15)5(3-4)8(11)12/h2-11H2,1H3;1-3H,(H,13,14,15). The highest BCUT2D eigenvalue weighted by Gasteiger charge is 2.22. The van der Waals surface area contributed by atoms with Crippen LogP contribution in [0.3, 0.4) is 0 Å². The molecule has 0 bridgehead atoms. The molecule has 0 atom stereocenters. The minimum Gasteiger partial charge on any atom is -0.744 e. The summed E-state index contributed by atoms with van der Waals surface area (Å²) < 4.78 is 31.8. The highest BCUT2D eigenvalue weighted by atomic mass is 32.2. The van der Waals surface area contributed by atoms with Gasteiger partial charge < -0.3 is 10.3 Å². The van der Waals surface area contributed by atoms with Crippen molar-refractivity contribution >= 4 is 21.5 Å². The summed E-state index contributed by atoms with van der Waals surface area (Å²) in [5.41, 5.74) is 2.06. The first-order valence-electron chi connectivity index (χ1n) is 8.83. The maximum atomic E-state index is 10.6. The molecule has 0 aliphatic heterocycles. The maximum Gasteiger partial charge on any atom is 0.293 e. The molecule has 0 aliphatic rings. The molecule has 11 heteroatoms. The van der Waals surface area contributed by atoms with Crippen LogP contribution in [0.5, 0.6) is 0 Å². The Balaban J connectivity index is 0.000000541. The zero-order chi connectivity index (χ0) is 20.9. The van der Waals surface area contributed by atoms with Crippen molar-refractivity contribution in [1.82, 2.24) is 0 Å². The van der Waals surface area contributed by atoms with Crippen molar-refractivity contribution in [1.29, 1.82) is 0 Å². The fourth-order valence-electron chi connectivity index (χ4n) is 2.28. The van der Waals surface area contributed by atoms with Gasteiger partial charge in [-0.2, -0.15) is 0 Å². The van der Waals surface area contributed by atoms with E-state index in [0.29, 0.717) is 18.2 Å². The average molecular weight is 405 g/mol. The predicted molar refractivity (Wildman–Crippen MR) is 98.1 cm³/mol. The highest BCUT2D eigenvalue weighted by Crippen LogP contribution is 2.27. The van der Waals surface area contributed by atoms with Crippen LogP contribution in [0.25, 0.3) is 0 Å². The van der Waals surface area contributed by atoms with Crippen molar-refractivity contribution in [3.63, 3.8) is 0 Å². The van der Waals surface area contributed by atoms with Crippen molar-refractivity contribution < 1.29 is 28.6 Å². The van der Waals surface area contributed by atoms with Crippen LogP contribution in [0.2, 0.25) is 0 Å². The van der Waals surface area contributed by atoms with Crippen LogP contribution in [0.4, 0.5) is 11.4 Å². The molecule has 0 aromatic heterocycles. The van der Waals surface area contributed by atoms with Crippen molar-refractivity contribution in [2.45, 2.75) is 63.2 Å². The van der Waals surface area contributed by atoms with Gasteiger partial charge in [0.25, 0.3) is 11.4 Å².